The molecule has 0 spiro atoms. The number of rotatable bonds is 6. The monoisotopic (exact) mass is 434 g/mol. The van der Waals surface area contributed by atoms with Crippen molar-refractivity contribution in [3.05, 3.63) is 82.2 Å². The summed E-state index contributed by atoms with van der Waals surface area (Å²) < 4.78 is 58.1. The van der Waals surface area contributed by atoms with Crippen molar-refractivity contribution in [1.29, 1.82) is 0 Å². The van der Waals surface area contributed by atoms with Gasteiger partial charge in [-0.1, -0.05) is 30.3 Å². The van der Waals surface area contributed by atoms with Crippen LogP contribution in [0.3, 0.4) is 0 Å². The third-order valence-electron chi connectivity index (χ3n) is 4.92. The number of phenolic OH excluding ortho intramolecular Hbond substituents is 2. The number of carbonyl (C=O) groups is 1. The lowest BCUT2D eigenvalue weighted by Crippen LogP contribution is -2.06. The summed E-state index contributed by atoms with van der Waals surface area (Å²) in [6.07, 6.45) is -4.20. The minimum atomic E-state index is -4.52. The quantitative estimate of drug-likeness (QED) is 0.294. The summed E-state index contributed by atoms with van der Waals surface area (Å²) in [7, 11) is 0. The summed E-state index contributed by atoms with van der Waals surface area (Å²) in [6, 6.07) is 10.1. The van der Waals surface area contributed by atoms with Gasteiger partial charge in [-0.2, -0.15) is 13.2 Å². The van der Waals surface area contributed by atoms with Crippen molar-refractivity contribution in [2.75, 3.05) is 0 Å². The largest absolute Gasteiger partial charge is 0.504 e. The van der Waals surface area contributed by atoms with Gasteiger partial charge in [0.25, 0.3) is 0 Å². The van der Waals surface area contributed by atoms with Crippen molar-refractivity contribution < 1.29 is 37.3 Å². The van der Waals surface area contributed by atoms with Crippen molar-refractivity contribution in [2.45, 2.75) is 26.3 Å². The van der Waals surface area contributed by atoms with Gasteiger partial charge in [-0.25, -0.2) is 4.39 Å². The molecular formula is C23H18F4O4. The van der Waals surface area contributed by atoms with Gasteiger partial charge < -0.3 is 14.9 Å². The Hall–Kier alpha value is -3.39. The van der Waals surface area contributed by atoms with Gasteiger partial charge in [0.05, 0.1) is 24.3 Å². The number of hydrogen-bond donors (Lipinski definition) is 2. The Labute approximate surface area is 175 Å². The van der Waals surface area contributed by atoms with Crippen LogP contribution in [0.25, 0.3) is 11.1 Å². The molecule has 2 N–H and O–H groups in total. The summed E-state index contributed by atoms with van der Waals surface area (Å²) in [6.45, 7) is 1.06. The summed E-state index contributed by atoms with van der Waals surface area (Å²) >= 11 is 0. The molecule has 0 aromatic heterocycles. The second kappa shape index (κ2) is 8.77. The van der Waals surface area contributed by atoms with E-state index in [9.17, 15) is 32.6 Å². The molecule has 0 unspecified atom stereocenters. The van der Waals surface area contributed by atoms with Crippen LogP contribution >= 0.6 is 0 Å². The second-order valence-electron chi connectivity index (χ2n) is 6.87. The topological polar surface area (TPSA) is 66.8 Å². The molecule has 0 radical (unpaired) electrons. The van der Waals surface area contributed by atoms with Crippen LogP contribution in [-0.4, -0.2) is 16.5 Å². The van der Waals surface area contributed by atoms with Crippen molar-refractivity contribution in [3.8, 4) is 22.6 Å². The molecule has 31 heavy (non-hydrogen) atoms. The Morgan fingerprint density at radius 2 is 1.61 bits per heavy atom. The first-order chi connectivity index (χ1) is 14.6. The van der Waals surface area contributed by atoms with E-state index in [1.165, 1.54) is 37.3 Å². The average molecular weight is 434 g/mol. The molecule has 0 aliphatic carbocycles. The normalized spacial score (nSPS) is 11.5. The average Bonchev–Trinajstić information content (AvgIpc) is 2.73. The standard InChI is InChI=1S/C23H18F4O4/c1-13-20(14-6-8-16(9-7-14)23(25,26)27)18(17(10-28)22(30)21(13)29)12-31-11-15-4-2-3-5-19(15)24/h2-10,29-30H,11-12H2,1H3. The van der Waals surface area contributed by atoms with Gasteiger partial charge in [0.1, 0.15) is 5.82 Å². The molecule has 4 nitrogen and oxygen atoms in total. The van der Waals surface area contributed by atoms with Crippen LogP contribution in [0.4, 0.5) is 17.6 Å². The van der Waals surface area contributed by atoms with Gasteiger partial charge in [-0.3, -0.25) is 4.79 Å². The number of aldehydes is 1. The third kappa shape index (κ3) is 4.54. The van der Waals surface area contributed by atoms with Crippen LogP contribution in [0, 0.1) is 12.7 Å². The van der Waals surface area contributed by atoms with E-state index in [0.717, 1.165) is 12.1 Å². The minimum absolute atomic E-state index is 0.141. The first-order valence-electron chi connectivity index (χ1n) is 9.16. The number of alkyl halides is 3. The van der Waals surface area contributed by atoms with Crippen LogP contribution in [-0.2, 0) is 24.1 Å². The zero-order valence-corrected chi connectivity index (χ0v) is 16.3. The Balaban J connectivity index is 2.04. The van der Waals surface area contributed by atoms with Gasteiger partial charge in [0.15, 0.2) is 17.8 Å². The van der Waals surface area contributed by atoms with Gasteiger partial charge in [-0.05, 0) is 36.2 Å². The SMILES string of the molecule is Cc1c(O)c(O)c(C=O)c(COCc2ccccc2F)c1-c1ccc(C(F)(F)F)cc1. The smallest absolute Gasteiger partial charge is 0.416 e. The van der Waals surface area contributed by atoms with E-state index < -0.39 is 29.1 Å². The molecule has 0 heterocycles. The van der Waals surface area contributed by atoms with Crippen molar-refractivity contribution in [2.24, 2.45) is 0 Å². The first-order valence-corrected chi connectivity index (χ1v) is 9.16. The highest BCUT2D eigenvalue weighted by Gasteiger charge is 2.30. The predicted octanol–water partition coefficient (Wildman–Crippen LogP) is 5.76. The van der Waals surface area contributed by atoms with E-state index in [-0.39, 0.29) is 46.6 Å². The van der Waals surface area contributed by atoms with Crippen LogP contribution in [0.15, 0.2) is 48.5 Å². The molecule has 0 saturated carbocycles. The van der Waals surface area contributed by atoms with Crippen LogP contribution in [0.5, 0.6) is 11.5 Å². The van der Waals surface area contributed by atoms with Gasteiger partial charge >= 0.3 is 6.18 Å². The highest BCUT2D eigenvalue weighted by atomic mass is 19.4. The van der Waals surface area contributed by atoms with Crippen LogP contribution in [0.1, 0.15) is 32.6 Å². The van der Waals surface area contributed by atoms with Crippen molar-refractivity contribution >= 4 is 6.29 Å². The summed E-state index contributed by atoms with van der Waals surface area (Å²) in [5.74, 6) is -1.70. The Morgan fingerprint density at radius 1 is 0.968 bits per heavy atom. The maximum Gasteiger partial charge on any atom is 0.416 e. The van der Waals surface area contributed by atoms with E-state index >= 15 is 0 Å². The Kier molecular flexibility index (Phi) is 6.31. The number of hydrogen-bond acceptors (Lipinski definition) is 4. The number of ether oxygens (including phenoxy) is 1. The number of phenols is 2. The third-order valence-corrected chi connectivity index (χ3v) is 4.92. The molecule has 0 aliphatic heterocycles. The van der Waals surface area contributed by atoms with Crippen LogP contribution in [0.2, 0.25) is 0 Å². The number of halogens is 4. The van der Waals surface area contributed by atoms with E-state index in [1.807, 2.05) is 0 Å². The second-order valence-corrected chi connectivity index (χ2v) is 6.87. The lowest BCUT2D eigenvalue weighted by atomic mass is 9.90. The maximum atomic E-state index is 13.8. The zero-order valence-electron chi connectivity index (χ0n) is 16.3. The fraction of sp³-hybridized carbons (Fsp3) is 0.174. The lowest BCUT2D eigenvalue weighted by Gasteiger charge is -2.19. The van der Waals surface area contributed by atoms with E-state index in [4.69, 9.17) is 4.74 Å². The van der Waals surface area contributed by atoms with E-state index in [1.54, 1.807) is 6.07 Å². The molecule has 3 rings (SSSR count). The molecular weight excluding hydrogens is 416 g/mol. The van der Waals surface area contributed by atoms with E-state index in [2.05, 4.69) is 0 Å². The van der Waals surface area contributed by atoms with E-state index in [0.29, 0.717) is 6.29 Å². The fourth-order valence-electron chi connectivity index (χ4n) is 3.30. The minimum Gasteiger partial charge on any atom is -0.504 e. The van der Waals surface area contributed by atoms with Crippen molar-refractivity contribution in [3.63, 3.8) is 0 Å². The van der Waals surface area contributed by atoms with Gasteiger partial charge in [-0.15, -0.1) is 0 Å². The number of benzene rings is 3. The molecule has 0 amide bonds. The maximum absolute atomic E-state index is 13.8. The molecule has 3 aromatic carbocycles. The number of aromatic hydroxyl groups is 2. The van der Waals surface area contributed by atoms with Gasteiger partial charge in [0.2, 0.25) is 0 Å². The zero-order chi connectivity index (χ0) is 22.8. The molecule has 0 bridgehead atoms. The fourth-order valence-corrected chi connectivity index (χ4v) is 3.30. The highest BCUT2D eigenvalue weighted by Crippen LogP contribution is 2.43. The summed E-state index contributed by atoms with van der Waals surface area (Å²) in [5.41, 5.74) is 0.0154. The molecule has 0 fully saturated rings. The molecule has 0 aliphatic rings. The summed E-state index contributed by atoms with van der Waals surface area (Å²) in [5, 5.41) is 20.4. The lowest BCUT2D eigenvalue weighted by molar-refractivity contribution is -0.137. The Bertz CT molecular complexity index is 1110. The molecule has 0 atom stereocenters. The molecule has 162 valence electrons. The van der Waals surface area contributed by atoms with Crippen LogP contribution < -0.4 is 0 Å². The molecule has 0 saturated heterocycles. The predicted molar refractivity (Wildman–Crippen MR) is 105 cm³/mol. The number of carbonyl (C=O) groups excluding carboxylic acids is 1. The highest BCUT2D eigenvalue weighted by molar-refractivity contribution is 5.90. The molecule has 8 heteroatoms. The van der Waals surface area contributed by atoms with Crippen molar-refractivity contribution in [1.82, 2.24) is 0 Å². The summed E-state index contributed by atoms with van der Waals surface area (Å²) in [4.78, 5) is 11.6. The molecule has 3 aromatic rings. The van der Waals surface area contributed by atoms with Gasteiger partial charge in [0, 0.05) is 16.7 Å². The Morgan fingerprint density at radius 3 is 2.19 bits per heavy atom. The first kappa shape index (κ1) is 22.3.